The van der Waals surface area contributed by atoms with E-state index in [1.54, 1.807) is 0 Å². The number of hydrogen-bond acceptors (Lipinski definition) is 7. The van der Waals surface area contributed by atoms with E-state index in [2.05, 4.69) is 5.32 Å². The van der Waals surface area contributed by atoms with Gasteiger partial charge < -0.3 is 25.4 Å². The van der Waals surface area contributed by atoms with Gasteiger partial charge in [-0.1, -0.05) is 60.7 Å². The molecule has 34 heavy (non-hydrogen) atoms. The van der Waals surface area contributed by atoms with Crippen LogP contribution in [-0.2, 0) is 4.74 Å². The van der Waals surface area contributed by atoms with Crippen LogP contribution in [0.15, 0.2) is 66.7 Å². The Morgan fingerprint density at radius 1 is 1.00 bits per heavy atom. The maximum atomic E-state index is 12.2. The zero-order valence-corrected chi connectivity index (χ0v) is 18.1. The number of amides is 1. The van der Waals surface area contributed by atoms with Crippen LogP contribution in [0.5, 0.6) is 5.75 Å². The molecule has 0 aromatic heterocycles. The molecule has 2 unspecified atom stereocenters. The first-order chi connectivity index (χ1) is 16.4. The van der Waals surface area contributed by atoms with Crippen LogP contribution in [-0.4, -0.2) is 45.6 Å². The number of aliphatic hydroxyl groups is 2. The summed E-state index contributed by atoms with van der Waals surface area (Å²) in [5.74, 6) is -0.786. The normalized spacial score (nSPS) is 14.1. The third-order valence-electron chi connectivity index (χ3n) is 5.98. The second-order valence-corrected chi connectivity index (χ2v) is 8.03. The van der Waals surface area contributed by atoms with Crippen molar-refractivity contribution in [2.24, 2.45) is 0 Å². The quantitative estimate of drug-likeness (QED) is 0.295. The number of phenolic OH excluding ortho intramolecular Hbond substituents is 1. The van der Waals surface area contributed by atoms with Crippen molar-refractivity contribution in [3.05, 3.63) is 93.5 Å². The predicted molar refractivity (Wildman–Crippen MR) is 123 cm³/mol. The lowest BCUT2D eigenvalue weighted by Crippen LogP contribution is -2.30. The van der Waals surface area contributed by atoms with E-state index in [-0.39, 0.29) is 31.1 Å². The Labute approximate surface area is 195 Å². The molecule has 0 saturated carbocycles. The predicted octanol–water partition coefficient (Wildman–Crippen LogP) is 3.62. The summed E-state index contributed by atoms with van der Waals surface area (Å²) in [6, 6.07) is 19.6. The zero-order chi connectivity index (χ0) is 24.2. The van der Waals surface area contributed by atoms with Crippen LogP contribution in [0.1, 0.15) is 35.1 Å². The maximum absolute atomic E-state index is 12.2. The van der Waals surface area contributed by atoms with Gasteiger partial charge in [0.2, 0.25) is 0 Å². The molecule has 0 fully saturated rings. The standard InChI is InChI=1S/C25H24N2O7/c28-22(24(30)19-10-5-11-21(23(19)29)27(32)33)12-13-26-25(31)34-14-20-17-8-3-1-6-15(17)16-7-2-4-9-18(16)20/h1-11,20,22,24,28-30H,12-14H2,(H,26,31). The Hall–Kier alpha value is -3.95. The number of rotatable bonds is 8. The molecule has 4 N–H and O–H groups in total. The van der Waals surface area contributed by atoms with Crippen molar-refractivity contribution >= 4 is 11.8 Å². The van der Waals surface area contributed by atoms with Crippen LogP contribution in [0.2, 0.25) is 0 Å². The number of phenols is 1. The number of hydrogen-bond donors (Lipinski definition) is 4. The van der Waals surface area contributed by atoms with Crippen LogP contribution < -0.4 is 5.32 Å². The number of aliphatic hydroxyl groups excluding tert-OH is 2. The number of fused-ring (bicyclic) bond motifs is 3. The first-order valence-electron chi connectivity index (χ1n) is 10.8. The largest absolute Gasteiger partial charge is 0.502 e. The average molecular weight is 464 g/mol. The molecule has 0 saturated heterocycles. The van der Waals surface area contributed by atoms with Gasteiger partial charge in [-0.05, 0) is 28.7 Å². The number of ether oxygens (including phenoxy) is 1. The molecule has 1 amide bonds. The maximum Gasteiger partial charge on any atom is 0.407 e. The molecule has 0 heterocycles. The SMILES string of the molecule is O=C(NCCC(O)C(O)c1cccc([N+](=O)[O-])c1O)OCC1c2ccccc2-c2ccccc21. The van der Waals surface area contributed by atoms with Crippen LogP contribution >= 0.6 is 0 Å². The number of nitro groups is 1. The molecule has 3 aromatic carbocycles. The molecule has 2 atom stereocenters. The van der Waals surface area contributed by atoms with Crippen molar-refractivity contribution < 1.29 is 29.8 Å². The Balaban J connectivity index is 1.30. The van der Waals surface area contributed by atoms with E-state index >= 15 is 0 Å². The Kier molecular flexibility index (Phi) is 6.76. The van der Waals surface area contributed by atoms with Crippen molar-refractivity contribution in [2.75, 3.05) is 13.2 Å². The Morgan fingerprint density at radius 2 is 1.62 bits per heavy atom. The van der Waals surface area contributed by atoms with Crippen molar-refractivity contribution in [1.29, 1.82) is 0 Å². The molecule has 9 heteroatoms. The first kappa shape index (κ1) is 23.2. The summed E-state index contributed by atoms with van der Waals surface area (Å²) < 4.78 is 5.42. The zero-order valence-electron chi connectivity index (χ0n) is 18.1. The van der Waals surface area contributed by atoms with Gasteiger partial charge in [0.1, 0.15) is 12.7 Å². The van der Waals surface area contributed by atoms with Crippen molar-refractivity contribution in [1.82, 2.24) is 5.32 Å². The van der Waals surface area contributed by atoms with E-state index in [0.29, 0.717) is 0 Å². The molecule has 0 radical (unpaired) electrons. The van der Waals surface area contributed by atoms with Gasteiger partial charge in [0.05, 0.1) is 11.0 Å². The van der Waals surface area contributed by atoms with Crippen molar-refractivity contribution in [2.45, 2.75) is 24.5 Å². The minimum absolute atomic E-state index is 0.00934. The summed E-state index contributed by atoms with van der Waals surface area (Å²) in [4.78, 5) is 22.4. The van der Waals surface area contributed by atoms with Crippen molar-refractivity contribution in [3.8, 4) is 16.9 Å². The van der Waals surface area contributed by atoms with Gasteiger partial charge in [-0.3, -0.25) is 10.1 Å². The van der Waals surface area contributed by atoms with E-state index in [1.165, 1.54) is 12.1 Å². The van der Waals surface area contributed by atoms with Gasteiger partial charge in [0.25, 0.3) is 0 Å². The molecular weight excluding hydrogens is 440 g/mol. The molecule has 0 bridgehead atoms. The highest BCUT2D eigenvalue weighted by molar-refractivity contribution is 5.79. The highest BCUT2D eigenvalue weighted by atomic mass is 16.6. The second kappa shape index (κ2) is 9.90. The van der Waals surface area contributed by atoms with Crippen LogP contribution in [0.25, 0.3) is 11.1 Å². The Morgan fingerprint density at radius 3 is 2.24 bits per heavy atom. The topological polar surface area (TPSA) is 142 Å². The monoisotopic (exact) mass is 464 g/mol. The highest BCUT2D eigenvalue weighted by Gasteiger charge is 2.29. The summed E-state index contributed by atoms with van der Waals surface area (Å²) in [6.07, 6.45) is -3.67. The number of benzene rings is 3. The van der Waals surface area contributed by atoms with Gasteiger partial charge in [-0.15, -0.1) is 0 Å². The summed E-state index contributed by atoms with van der Waals surface area (Å²) >= 11 is 0. The molecule has 3 aromatic rings. The third-order valence-corrected chi connectivity index (χ3v) is 5.98. The number of nitrogens with zero attached hydrogens (tertiary/aromatic N) is 1. The number of nitro benzene ring substituents is 1. The van der Waals surface area contributed by atoms with Gasteiger partial charge in [-0.2, -0.15) is 0 Å². The summed E-state index contributed by atoms with van der Waals surface area (Å²) in [5.41, 5.74) is 3.68. The summed E-state index contributed by atoms with van der Waals surface area (Å²) in [5, 5.41) is 44.0. The summed E-state index contributed by atoms with van der Waals surface area (Å²) in [7, 11) is 0. The molecule has 1 aliphatic carbocycles. The fourth-order valence-corrected chi connectivity index (χ4v) is 4.27. The fraction of sp³-hybridized carbons (Fsp3) is 0.240. The lowest BCUT2D eigenvalue weighted by molar-refractivity contribution is -0.386. The Bertz CT molecular complexity index is 1170. The van der Waals surface area contributed by atoms with Gasteiger partial charge in [-0.25, -0.2) is 4.79 Å². The van der Waals surface area contributed by atoms with Crippen LogP contribution in [0.4, 0.5) is 10.5 Å². The first-order valence-corrected chi connectivity index (χ1v) is 10.8. The van der Waals surface area contributed by atoms with Gasteiger partial charge in [0.15, 0.2) is 5.75 Å². The number of para-hydroxylation sites is 1. The molecule has 0 aliphatic heterocycles. The van der Waals surface area contributed by atoms with Crippen molar-refractivity contribution in [3.63, 3.8) is 0 Å². The number of alkyl carbamates (subject to hydrolysis) is 1. The molecule has 0 spiro atoms. The van der Waals surface area contributed by atoms with Crippen LogP contribution in [0, 0.1) is 10.1 Å². The number of carbonyl (C=O) groups is 1. The lowest BCUT2D eigenvalue weighted by atomic mass is 9.98. The third kappa shape index (κ3) is 4.57. The van der Waals surface area contributed by atoms with E-state index in [4.69, 9.17) is 4.74 Å². The van der Waals surface area contributed by atoms with Gasteiger partial charge >= 0.3 is 11.8 Å². The molecule has 9 nitrogen and oxygen atoms in total. The molecule has 1 aliphatic rings. The highest BCUT2D eigenvalue weighted by Crippen LogP contribution is 2.44. The van der Waals surface area contributed by atoms with E-state index in [9.17, 15) is 30.2 Å². The lowest BCUT2D eigenvalue weighted by Gasteiger charge is -2.19. The van der Waals surface area contributed by atoms with Crippen LogP contribution in [0.3, 0.4) is 0 Å². The van der Waals surface area contributed by atoms with E-state index < -0.39 is 34.7 Å². The summed E-state index contributed by atoms with van der Waals surface area (Å²) in [6.45, 7) is 0.136. The number of nitrogens with one attached hydrogen (secondary N) is 1. The minimum atomic E-state index is -1.57. The second-order valence-electron chi connectivity index (χ2n) is 8.03. The molecule has 176 valence electrons. The smallest absolute Gasteiger partial charge is 0.407 e. The van der Waals surface area contributed by atoms with Gasteiger partial charge in [0, 0.05) is 24.1 Å². The van der Waals surface area contributed by atoms with E-state index in [0.717, 1.165) is 28.3 Å². The average Bonchev–Trinajstić information content (AvgIpc) is 3.16. The fourth-order valence-electron chi connectivity index (χ4n) is 4.27. The molecule has 4 rings (SSSR count). The van der Waals surface area contributed by atoms with E-state index in [1.807, 2.05) is 48.5 Å². The molecular formula is C25H24N2O7. The number of aromatic hydroxyl groups is 1. The minimum Gasteiger partial charge on any atom is -0.502 e. The number of carbonyl (C=O) groups excluding carboxylic acids is 1.